The molecule has 2 heterocycles. The van der Waals surface area contributed by atoms with Gasteiger partial charge in [-0.1, -0.05) is 24.3 Å². The summed E-state index contributed by atoms with van der Waals surface area (Å²) in [5, 5.41) is 14.8. The molecule has 3 aromatic carbocycles. The van der Waals surface area contributed by atoms with Crippen molar-refractivity contribution < 1.29 is 5.11 Å². The van der Waals surface area contributed by atoms with Gasteiger partial charge in [-0.15, -0.1) is 0 Å². The maximum absolute atomic E-state index is 9.63. The van der Waals surface area contributed by atoms with Crippen molar-refractivity contribution in [3.63, 3.8) is 0 Å². The summed E-state index contributed by atoms with van der Waals surface area (Å²) < 4.78 is 0. The molecule has 7 nitrogen and oxygen atoms in total. The number of phenolic OH excluding ortho intramolecular Hbond substituents is 1. The molecule has 4 aromatic rings. The summed E-state index contributed by atoms with van der Waals surface area (Å²) in [5.41, 5.74) is 10.9. The van der Waals surface area contributed by atoms with Crippen molar-refractivity contribution in [2.24, 2.45) is 5.73 Å². The highest BCUT2D eigenvalue weighted by atomic mass is 16.3. The van der Waals surface area contributed by atoms with E-state index >= 15 is 0 Å². The van der Waals surface area contributed by atoms with E-state index in [0.29, 0.717) is 11.6 Å². The van der Waals surface area contributed by atoms with Gasteiger partial charge < -0.3 is 30.9 Å². The Hall–Kier alpha value is -3.71. The number of imidazole rings is 1. The average molecular weight is 415 g/mol. The normalized spacial score (nSPS) is 15.6. The summed E-state index contributed by atoms with van der Waals surface area (Å²) in [7, 11) is 2.16. The van der Waals surface area contributed by atoms with Crippen molar-refractivity contribution in [2.75, 3.05) is 43.4 Å². The number of H-pyrrole nitrogens is 1. The Kier molecular flexibility index (Phi) is 4.88. The largest absolute Gasteiger partial charge is 0.508 e. The van der Waals surface area contributed by atoms with Gasteiger partial charge in [0.05, 0.1) is 16.9 Å². The van der Waals surface area contributed by atoms with Crippen LogP contribution >= 0.6 is 0 Å². The van der Waals surface area contributed by atoms with Gasteiger partial charge in [0.1, 0.15) is 11.3 Å². The van der Waals surface area contributed by atoms with Crippen LogP contribution in [-0.4, -0.2) is 53.2 Å². The first-order valence-corrected chi connectivity index (χ1v) is 10.4. The molecule has 0 aliphatic carbocycles. The number of benzene rings is 3. The Morgan fingerprint density at radius 2 is 1.84 bits per heavy atom. The number of aromatic nitrogens is 2. The predicted octanol–water partition coefficient (Wildman–Crippen LogP) is 3.54. The number of para-hydroxylation sites is 1. The minimum absolute atomic E-state index is 0.256. The van der Waals surface area contributed by atoms with Crippen LogP contribution in [0.5, 0.6) is 5.75 Å². The van der Waals surface area contributed by atoms with Crippen molar-refractivity contribution in [3.8, 4) is 5.75 Å². The first-order chi connectivity index (χ1) is 15.1. The summed E-state index contributed by atoms with van der Waals surface area (Å²) in [6, 6.07) is 17.4. The fourth-order valence-electron chi connectivity index (χ4n) is 4.03. The van der Waals surface area contributed by atoms with E-state index in [2.05, 4.69) is 39.3 Å². The van der Waals surface area contributed by atoms with E-state index in [1.807, 2.05) is 30.3 Å². The van der Waals surface area contributed by atoms with Crippen LogP contribution in [0.3, 0.4) is 0 Å². The highest BCUT2D eigenvalue weighted by Gasteiger charge is 2.18. The van der Waals surface area contributed by atoms with Crippen molar-refractivity contribution in [1.82, 2.24) is 14.9 Å². The minimum Gasteiger partial charge on any atom is -0.508 e. The molecule has 0 amide bonds. The molecule has 31 heavy (non-hydrogen) atoms. The molecule has 5 rings (SSSR count). The van der Waals surface area contributed by atoms with Crippen LogP contribution in [0.15, 0.2) is 60.8 Å². The van der Waals surface area contributed by atoms with Gasteiger partial charge in [-0.05, 0) is 53.7 Å². The van der Waals surface area contributed by atoms with Crippen LogP contribution in [-0.2, 0) is 0 Å². The van der Waals surface area contributed by atoms with E-state index in [-0.39, 0.29) is 5.75 Å². The zero-order valence-corrected chi connectivity index (χ0v) is 17.5. The number of nitrogens with two attached hydrogens (primary N) is 1. The maximum atomic E-state index is 9.63. The molecule has 0 saturated carbocycles. The number of likely N-dealkylation sites (N-methyl/N-ethyl adjacent to an activating group) is 1. The molecule has 7 heteroatoms. The van der Waals surface area contributed by atoms with Crippen molar-refractivity contribution in [2.45, 2.75) is 0 Å². The lowest BCUT2D eigenvalue weighted by atomic mass is 10.1. The van der Waals surface area contributed by atoms with Crippen LogP contribution in [0.4, 0.5) is 11.6 Å². The number of hydrogen-bond donors (Lipinski definition) is 4. The molecule has 0 radical (unpaired) electrons. The molecule has 0 spiro atoms. The smallest absolute Gasteiger partial charge is 0.205 e. The van der Waals surface area contributed by atoms with Crippen LogP contribution in [0.2, 0.25) is 0 Å². The van der Waals surface area contributed by atoms with Crippen LogP contribution < -0.4 is 16.0 Å². The lowest BCUT2D eigenvalue weighted by Crippen LogP contribution is -2.44. The number of anilines is 2. The summed E-state index contributed by atoms with van der Waals surface area (Å²) in [5.74, 6) is 0.913. The van der Waals surface area contributed by atoms with Gasteiger partial charge in [-0.3, -0.25) is 0 Å². The number of aromatic hydroxyl groups is 1. The predicted molar refractivity (Wildman–Crippen MR) is 127 cm³/mol. The lowest BCUT2D eigenvalue weighted by molar-refractivity contribution is 0.313. The minimum atomic E-state index is 0.256. The third kappa shape index (κ3) is 3.87. The van der Waals surface area contributed by atoms with Crippen molar-refractivity contribution >= 4 is 39.1 Å². The quantitative estimate of drug-likeness (QED) is 0.408. The Morgan fingerprint density at radius 3 is 2.68 bits per heavy atom. The summed E-state index contributed by atoms with van der Waals surface area (Å²) in [4.78, 5) is 12.9. The summed E-state index contributed by atoms with van der Waals surface area (Å²) >= 11 is 0. The number of nitrogens with zero attached hydrogens (tertiary/aromatic N) is 3. The first kappa shape index (κ1) is 19.3. The Balaban J connectivity index is 1.38. The van der Waals surface area contributed by atoms with Crippen LogP contribution in [0.1, 0.15) is 5.56 Å². The van der Waals surface area contributed by atoms with Crippen molar-refractivity contribution in [1.29, 1.82) is 0 Å². The van der Waals surface area contributed by atoms with E-state index in [9.17, 15) is 5.11 Å². The third-order valence-corrected chi connectivity index (χ3v) is 5.86. The highest BCUT2D eigenvalue weighted by molar-refractivity contribution is 5.91. The van der Waals surface area contributed by atoms with E-state index < -0.39 is 0 Å². The molecular weight excluding hydrogens is 388 g/mol. The number of fused-ring (bicyclic) bond motifs is 2. The second-order valence-electron chi connectivity index (χ2n) is 8.04. The lowest BCUT2D eigenvalue weighted by Gasteiger charge is -2.34. The van der Waals surface area contributed by atoms with Gasteiger partial charge in [-0.2, -0.15) is 0 Å². The first-order valence-electron chi connectivity index (χ1n) is 10.4. The number of rotatable bonds is 4. The fraction of sp³-hybridized carbons (Fsp3) is 0.208. The SMILES string of the molecule is CN1CCN(c2cccc3[nH]c(N/C=C(\N)c4ccc5cc(O)ccc5c4)nc23)CC1. The monoisotopic (exact) mass is 414 g/mol. The number of nitrogens with one attached hydrogen (secondary N) is 2. The molecule has 158 valence electrons. The summed E-state index contributed by atoms with van der Waals surface area (Å²) in [6.45, 7) is 4.10. The molecule has 0 unspecified atom stereocenters. The number of piperazine rings is 1. The molecule has 1 aliphatic heterocycles. The van der Waals surface area contributed by atoms with E-state index in [1.165, 1.54) is 0 Å². The second kappa shape index (κ2) is 7.85. The fourth-order valence-corrected chi connectivity index (χ4v) is 4.03. The Morgan fingerprint density at radius 1 is 1.06 bits per heavy atom. The van der Waals surface area contributed by atoms with Gasteiger partial charge in [-0.25, -0.2) is 4.98 Å². The van der Waals surface area contributed by atoms with Gasteiger partial charge in [0, 0.05) is 32.4 Å². The highest BCUT2D eigenvalue weighted by Crippen LogP contribution is 2.27. The zero-order chi connectivity index (χ0) is 21.4. The van der Waals surface area contributed by atoms with Gasteiger partial charge in [0.25, 0.3) is 0 Å². The van der Waals surface area contributed by atoms with Crippen molar-refractivity contribution in [3.05, 3.63) is 66.4 Å². The average Bonchev–Trinajstić information content (AvgIpc) is 3.21. The van der Waals surface area contributed by atoms with E-state index in [0.717, 1.165) is 59.2 Å². The summed E-state index contributed by atoms with van der Waals surface area (Å²) in [6.07, 6.45) is 1.76. The van der Waals surface area contributed by atoms with Gasteiger partial charge in [0.2, 0.25) is 5.95 Å². The number of aromatic amines is 1. The molecule has 5 N–H and O–H groups in total. The molecule has 1 aliphatic rings. The van der Waals surface area contributed by atoms with Gasteiger partial charge >= 0.3 is 0 Å². The zero-order valence-electron chi connectivity index (χ0n) is 17.5. The van der Waals surface area contributed by atoms with Crippen LogP contribution in [0, 0.1) is 0 Å². The molecule has 1 fully saturated rings. The number of hydrogen-bond acceptors (Lipinski definition) is 6. The molecule has 1 saturated heterocycles. The maximum Gasteiger partial charge on any atom is 0.205 e. The number of phenols is 1. The van der Waals surface area contributed by atoms with E-state index in [4.69, 9.17) is 10.7 Å². The molecule has 0 bridgehead atoms. The topological polar surface area (TPSA) is 93.4 Å². The molecule has 0 atom stereocenters. The second-order valence-corrected chi connectivity index (χ2v) is 8.04. The molecular formula is C24H26N6O. The van der Waals surface area contributed by atoms with Gasteiger partial charge in [0.15, 0.2) is 0 Å². The third-order valence-electron chi connectivity index (χ3n) is 5.86. The Labute approximate surface area is 180 Å². The van der Waals surface area contributed by atoms with E-state index in [1.54, 1.807) is 18.3 Å². The Bertz CT molecular complexity index is 1270. The standard InChI is InChI=1S/C24H26N6O/c1-29-9-11-30(12-10-29)22-4-2-3-21-23(22)28-24(27-21)26-15-20(25)18-6-5-17-14-19(31)8-7-16(17)13-18/h2-8,13-15,31H,9-12,25H2,1H3,(H2,26,27,28)/b20-15-. The molecule has 1 aromatic heterocycles. The van der Waals surface area contributed by atoms with Crippen LogP contribution in [0.25, 0.3) is 27.5 Å².